The van der Waals surface area contributed by atoms with E-state index in [0.29, 0.717) is 11.4 Å². The molecule has 0 aromatic heterocycles. The Labute approximate surface area is 90.1 Å². The van der Waals surface area contributed by atoms with E-state index in [-0.39, 0.29) is 6.10 Å². The summed E-state index contributed by atoms with van der Waals surface area (Å²) in [5.41, 5.74) is 5.47. The van der Waals surface area contributed by atoms with Crippen LogP contribution in [-0.2, 0) is 0 Å². The molecule has 0 aliphatic heterocycles. The minimum Gasteiger partial charge on any atom is -0.490 e. The van der Waals surface area contributed by atoms with Gasteiger partial charge in [0.1, 0.15) is 11.9 Å². The number of nitrogens with two attached hydrogens (primary N) is 1. The monoisotopic (exact) mass is 209 g/mol. The summed E-state index contributed by atoms with van der Waals surface area (Å²) in [6, 6.07) is 9.72. The van der Waals surface area contributed by atoms with E-state index in [1.165, 1.54) is 0 Å². The van der Waals surface area contributed by atoms with Gasteiger partial charge in [-0.3, -0.25) is 0 Å². The average Bonchev–Trinajstić information content (AvgIpc) is 2.17. The lowest BCUT2D eigenvalue weighted by Crippen LogP contribution is -2.23. The van der Waals surface area contributed by atoms with Crippen LogP contribution in [-0.4, -0.2) is 11.1 Å². The summed E-state index contributed by atoms with van der Waals surface area (Å²) in [4.78, 5) is 0.507. The predicted molar refractivity (Wildman–Crippen MR) is 62.6 cm³/mol. The molecule has 0 spiro atoms. The second kappa shape index (κ2) is 5.60. The average molecular weight is 209 g/mol. The first-order chi connectivity index (χ1) is 6.72. The minimum absolute atomic E-state index is 0.0925. The SMILES string of the molecule is CCC(CC(N)=S)Oc1ccccc1. The van der Waals surface area contributed by atoms with Crippen molar-refractivity contribution < 1.29 is 4.74 Å². The standard InChI is InChI=1S/C11H15NOS/c1-2-9(8-11(12)14)13-10-6-4-3-5-7-10/h3-7,9H,2,8H2,1H3,(H2,12,14). The van der Waals surface area contributed by atoms with Gasteiger partial charge in [0, 0.05) is 6.42 Å². The van der Waals surface area contributed by atoms with E-state index in [4.69, 9.17) is 22.7 Å². The topological polar surface area (TPSA) is 35.2 Å². The molecule has 0 aliphatic carbocycles. The van der Waals surface area contributed by atoms with Crippen LogP contribution < -0.4 is 10.5 Å². The summed E-state index contributed by atoms with van der Waals surface area (Å²) < 4.78 is 5.71. The van der Waals surface area contributed by atoms with Crippen LogP contribution in [0.4, 0.5) is 0 Å². The number of ether oxygens (including phenoxy) is 1. The third-order valence-corrected chi connectivity index (χ3v) is 2.10. The lowest BCUT2D eigenvalue weighted by Gasteiger charge is -2.16. The maximum Gasteiger partial charge on any atom is 0.119 e. The molecule has 2 N–H and O–H groups in total. The van der Waals surface area contributed by atoms with E-state index in [1.807, 2.05) is 30.3 Å². The van der Waals surface area contributed by atoms with Gasteiger partial charge in [-0.25, -0.2) is 0 Å². The van der Waals surface area contributed by atoms with E-state index in [2.05, 4.69) is 6.92 Å². The molecule has 0 heterocycles. The zero-order valence-electron chi connectivity index (χ0n) is 8.27. The Bertz CT molecular complexity index is 287. The fraction of sp³-hybridized carbons (Fsp3) is 0.364. The molecule has 0 aliphatic rings. The molecule has 14 heavy (non-hydrogen) atoms. The Morgan fingerprint density at radius 2 is 2.07 bits per heavy atom. The van der Waals surface area contributed by atoms with Gasteiger partial charge in [0.2, 0.25) is 0 Å². The molecule has 0 radical (unpaired) electrons. The molecule has 2 nitrogen and oxygen atoms in total. The third kappa shape index (κ3) is 3.75. The smallest absolute Gasteiger partial charge is 0.119 e. The van der Waals surface area contributed by atoms with Crippen molar-refractivity contribution in [1.82, 2.24) is 0 Å². The van der Waals surface area contributed by atoms with E-state index >= 15 is 0 Å². The van der Waals surface area contributed by atoms with Crippen molar-refractivity contribution >= 4 is 17.2 Å². The van der Waals surface area contributed by atoms with Gasteiger partial charge in [0.05, 0.1) is 4.99 Å². The van der Waals surface area contributed by atoms with E-state index in [1.54, 1.807) is 0 Å². The molecular formula is C11H15NOS. The van der Waals surface area contributed by atoms with Crippen LogP contribution in [0.3, 0.4) is 0 Å². The maximum atomic E-state index is 5.71. The first kappa shape index (κ1) is 11.0. The van der Waals surface area contributed by atoms with Gasteiger partial charge >= 0.3 is 0 Å². The minimum atomic E-state index is 0.0925. The van der Waals surface area contributed by atoms with Crippen LogP contribution in [0.15, 0.2) is 30.3 Å². The molecule has 1 atom stereocenters. The molecule has 0 bridgehead atoms. The maximum absolute atomic E-state index is 5.71. The molecule has 1 aromatic carbocycles. The number of para-hydroxylation sites is 1. The lowest BCUT2D eigenvalue weighted by molar-refractivity contribution is 0.205. The molecule has 1 unspecified atom stereocenters. The fourth-order valence-corrected chi connectivity index (χ4v) is 1.37. The normalized spacial score (nSPS) is 12.1. The van der Waals surface area contributed by atoms with Gasteiger partial charge in [0.15, 0.2) is 0 Å². The van der Waals surface area contributed by atoms with Gasteiger partial charge in [-0.15, -0.1) is 0 Å². The Hall–Kier alpha value is -1.09. The van der Waals surface area contributed by atoms with Crippen molar-refractivity contribution in [3.63, 3.8) is 0 Å². The quantitative estimate of drug-likeness (QED) is 0.757. The van der Waals surface area contributed by atoms with E-state index < -0.39 is 0 Å². The van der Waals surface area contributed by atoms with Gasteiger partial charge in [-0.1, -0.05) is 37.3 Å². The number of hydrogen-bond acceptors (Lipinski definition) is 2. The van der Waals surface area contributed by atoms with Gasteiger partial charge in [0.25, 0.3) is 0 Å². The summed E-state index contributed by atoms with van der Waals surface area (Å²) >= 11 is 4.85. The molecule has 76 valence electrons. The summed E-state index contributed by atoms with van der Waals surface area (Å²) in [5.74, 6) is 0.871. The summed E-state index contributed by atoms with van der Waals surface area (Å²) in [6.45, 7) is 2.06. The summed E-state index contributed by atoms with van der Waals surface area (Å²) in [5, 5.41) is 0. The lowest BCUT2D eigenvalue weighted by atomic mass is 10.2. The number of benzene rings is 1. The molecule has 0 saturated heterocycles. The zero-order valence-corrected chi connectivity index (χ0v) is 9.09. The van der Waals surface area contributed by atoms with Crippen molar-refractivity contribution in [2.75, 3.05) is 0 Å². The Balaban J connectivity index is 2.53. The van der Waals surface area contributed by atoms with E-state index in [9.17, 15) is 0 Å². The highest BCUT2D eigenvalue weighted by Gasteiger charge is 2.08. The molecule has 0 amide bonds. The molecule has 0 saturated carbocycles. The Morgan fingerprint density at radius 3 is 2.57 bits per heavy atom. The first-order valence-electron chi connectivity index (χ1n) is 4.72. The molecule has 0 fully saturated rings. The Kier molecular flexibility index (Phi) is 4.40. The highest BCUT2D eigenvalue weighted by molar-refractivity contribution is 7.80. The molecular weight excluding hydrogens is 194 g/mol. The van der Waals surface area contributed by atoms with Gasteiger partial charge in [-0.05, 0) is 18.6 Å². The van der Waals surface area contributed by atoms with Gasteiger partial charge < -0.3 is 10.5 Å². The Morgan fingerprint density at radius 1 is 1.43 bits per heavy atom. The molecule has 1 rings (SSSR count). The van der Waals surface area contributed by atoms with Crippen LogP contribution in [0.25, 0.3) is 0 Å². The van der Waals surface area contributed by atoms with E-state index in [0.717, 1.165) is 12.2 Å². The largest absolute Gasteiger partial charge is 0.490 e. The highest BCUT2D eigenvalue weighted by Crippen LogP contribution is 2.14. The zero-order chi connectivity index (χ0) is 10.4. The molecule has 1 aromatic rings. The van der Waals surface area contributed by atoms with Crippen LogP contribution in [0.2, 0.25) is 0 Å². The fourth-order valence-electron chi connectivity index (χ4n) is 1.19. The van der Waals surface area contributed by atoms with Crippen LogP contribution in [0.1, 0.15) is 19.8 Å². The van der Waals surface area contributed by atoms with Crippen molar-refractivity contribution in [3.05, 3.63) is 30.3 Å². The first-order valence-corrected chi connectivity index (χ1v) is 5.13. The number of rotatable bonds is 5. The molecule has 3 heteroatoms. The number of hydrogen-bond donors (Lipinski definition) is 1. The van der Waals surface area contributed by atoms with Gasteiger partial charge in [-0.2, -0.15) is 0 Å². The highest BCUT2D eigenvalue weighted by atomic mass is 32.1. The second-order valence-corrected chi connectivity index (χ2v) is 3.66. The van der Waals surface area contributed by atoms with Crippen molar-refractivity contribution in [2.24, 2.45) is 5.73 Å². The second-order valence-electron chi connectivity index (χ2n) is 3.13. The van der Waals surface area contributed by atoms with Crippen LogP contribution in [0, 0.1) is 0 Å². The van der Waals surface area contributed by atoms with Crippen molar-refractivity contribution in [1.29, 1.82) is 0 Å². The van der Waals surface area contributed by atoms with Crippen LogP contribution >= 0.6 is 12.2 Å². The van der Waals surface area contributed by atoms with Crippen LogP contribution in [0.5, 0.6) is 5.75 Å². The van der Waals surface area contributed by atoms with Crippen molar-refractivity contribution in [2.45, 2.75) is 25.9 Å². The number of thiocarbonyl (C=S) groups is 1. The predicted octanol–water partition coefficient (Wildman–Crippen LogP) is 2.52. The summed E-state index contributed by atoms with van der Waals surface area (Å²) in [7, 11) is 0. The van der Waals surface area contributed by atoms with Crippen molar-refractivity contribution in [3.8, 4) is 5.75 Å². The summed E-state index contributed by atoms with van der Waals surface area (Å²) in [6.07, 6.45) is 1.64. The third-order valence-electron chi connectivity index (χ3n) is 1.93.